The number of aromatic nitrogens is 2. The Labute approximate surface area is 80.5 Å². The Morgan fingerprint density at radius 1 is 1.42 bits per heavy atom. The van der Waals surface area contributed by atoms with Gasteiger partial charge in [-0.25, -0.2) is 0 Å². The molecule has 0 aromatic carbocycles. The SMILES string of the molecule is Cn1nc(Br)cc1N1CCCC1. The van der Waals surface area contributed by atoms with Crippen LogP contribution in [0.4, 0.5) is 5.82 Å². The molecule has 0 unspecified atom stereocenters. The van der Waals surface area contributed by atoms with Gasteiger partial charge in [-0.3, -0.25) is 4.68 Å². The second-order valence-corrected chi connectivity index (χ2v) is 3.96. The Hall–Kier alpha value is -0.510. The molecule has 1 aliphatic heterocycles. The van der Waals surface area contributed by atoms with Crippen LogP contribution in [0.2, 0.25) is 0 Å². The molecule has 0 N–H and O–H groups in total. The summed E-state index contributed by atoms with van der Waals surface area (Å²) in [6, 6.07) is 2.07. The van der Waals surface area contributed by atoms with E-state index in [4.69, 9.17) is 0 Å². The standard InChI is InChI=1S/C8H12BrN3/c1-11-8(6-7(9)10-11)12-4-2-3-5-12/h6H,2-5H2,1H3. The van der Waals surface area contributed by atoms with Gasteiger partial charge in [0.15, 0.2) is 0 Å². The maximum absolute atomic E-state index is 4.25. The minimum Gasteiger partial charge on any atom is -0.357 e. The molecule has 0 radical (unpaired) electrons. The summed E-state index contributed by atoms with van der Waals surface area (Å²) in [5.41, 5.74) is 0. The highest BCUT2D eigenvalue weighted by Crippen LogP contribution is 2.22. The molecule has 1 aliphatic rings. The smallest absolute Gasteiger partial charge is 0.130 e. The number of nitrogens with zero attached hydrogens (tertiary/aromatic N) is 3. The molecule has 12 heavy (non-hydrogen) atoms. The van der Waals surface area contributed by atoms with Crippen molar-refractivity contribution in [2.75, 3.05) is 18.0 Å². The van der Waals surface area contributed by atoms with Crippen LogP contribution in [0.1, 0.15) is 12.8 Å². The van der Waals surface area contributed by atoms with Gasteiger partial charge in [-0.2, -0.15) is 5.10 Å². The molecule has 2 heterocycles. The molecule has 66 valence electrons. The molecule has 0 aliphatic carbocycles. The van der Waals surface area contributed by atoms with E-state index in [2.05, 4.69) is 32.0 Å². The van der Waals surface area contributed by atoms with Gasteiger partial charge in [-0.15, -0.1) is 0 Å². The summed E-state index contributed by atoms with van der Waals surface area (Å²) in [7, 11) is 1.98. The highest BCUT2D eigenvalue weighted by Gasteiger charge is 2.15. The van der Waals surface area contributed by atoms with Crippen LogP contribution in [0, 0.1) is 0 Å². The van der Waals surface area contributed by atoms with Crippen LogP contribution in [0.15, 0.2) is 10.7 Å². The third-order valence-corrected chi connectivity index (χ3v) is 2.64. The fourth-order valence-corrected chi connectivity index (χ4v) is 2.11. The van der Waals surface area contributed by atoms with Crippen LogP contribution in [-0.2, 0) is 7.05 Å². The number of hydrogen-bond acceptors (Lipinski definition) is 2. The number of rotatable bonds is 1. The first kappa shape index (κ1) is 8.10. The number of aryl methyl sites for hydroxylation is 1. The predicted molar refractivity (Wildman–Crippen MR) is 52.4 cm³/mol. The van der Waals surface area contributed by atoms with Gasteiger partial charge in [0.2, 0.25) is 0 Å². The molecule has 1 fully saturated rings. The summed E-state index contributed by atoms with van der Waals surface area (Å²) in [5.74, 6) is 1.22. The molecular weight excluding hydrogens is 218 g/mol. The first-order chi connectivity index (χ1) is 5.77. The average Bonchev–Trinajstić information content (AvgIpc) is 2.58. The molecule has 4 heteroatoms. The second-order valence-electron chi connectivity index (χ2n) is 3.14. The van der Waals surface area contributed by atoms with Crippen molar-refractivity contribution in [1.29, 1.82) is 0 Å². The predicted octanol–water partition coefficient (Wildman–Crippen LogP) is 1.78. The van der Waals surface area contributed by atoms with Crippen molar-refractivity contribution in [3.8, 4) is 0 Å². The Balaban J connectivity index is 2.25. The van der Waals surface area contributed by atoms with Crippen molar-refractivity contribution in [3.05, 3.63) is 10.7 Å². The Bertz CT molecular complexity index is 276. The quantitative estimate of drug-likeness (QED) is 0.733. The lowest BCUT2D eigenvalue weighted by atomic mass is 10.4. The van der Waals surface area contributed by atoms with E-state index in [1.165, 1.54) is 31.7 Å². The summed E-state index contributed by atoms with van der Waals surface area (Å²) in [5, 5.41) is 4.25. The zero-order valence-corrected chi connectivity index (χ0v) is 8.71. The fraction of sp³-hybridized carbons (Fsp3) is 0.625. The zero-order valence-electron chi connectivity index (χ0n) is 7.13. The number of halogens is 1. The van der Waals surface area contributed by atoms with Crippen molar-refractivity contribution < 1.29 is 0 Å². The van der Waals surface area contributed by atoms with Crippen LogP contribution < -0.4 is 4.90 Å². The van der Waals surface area contributed by atoms with E-state index in [0.717, 1.165) is 4.60 Å². The zero-order chi connectivity index (χ0) is 8.55. The monoisotopic (exact) mass is 229 g/mol. The van der Waals surface area contributed by atoms with Crippen LogP contribution in [-0.4, -0.2) is 22.9 Å². The van der Waals surface area contributed by atoms with Crippen molar-refractivity contribution in [2.45, 2.75) is 12.8 Å². The van der Waals surface area contributed by atoms with Crippen molar-refractivity contribution >= 4 is 21.7 Å². The lowest BCUT2D eigenvalue weighted by molar-refractivity contribution is 0.734. The van der Waals surface area contributed by atoms with Crippen LogP contribution in [0.5, 0.6) is 0 Å². The minimum atomic E-state index is 0.923. The fourth-order valence-electron chi connectivity index (χ4n) is 1.67. The topological polar surface area (TPSA) is 21.1 Å². The number of anilines is 1. The summed E-state index contributed by atoms with van der Waals surface area (Å²) >= 11 is 3.37. The van der Waals surface area contributed by atoms with Crippen molar-refractivity contribution in [3.63, 3.8) is 0 Å². The van der Waals surface area contributed by atoms with Gasteiger partial charge in [-0.1, -0.05) is 0 Å². The average molecular weight is 230 g/mol. The van der Waals surface area contributed by atoms with Crippen molar-refractivity contribution in [2.24, 2.45) is 7.05 Å². The molecule has 0 atom stereocenters. The molecule has 1 aromatic heterocycles. The van der Waals surface area contributed by atoms with E-state index < -0.39 is 0 Å². The van der Waals surface area contributed by atoms with Crippen LogP contribution >= 0.6 is 15.9 Å². The van der Waals surface area contributed by atoms with Gasteiger partial charge >= 0.3 is 0 Å². The van der Waals surface area contributed by atoms with Gasteiger partial charge in [0, 0.05) is 26.2 Å². The van der Waals surface area contributed by atoms with Gasteiger partial charge in [0.1, 0.15) is 10.4 Å². The lowest BCUT2D eigenvalue weighted by Crippen LogP contribution is -2.20. The van der Waals surface area contributed by atoms with Gasteiger partial charge < -0.3 is 4.90 Å². The highest BCUT2D eigenvalue weighted by atomic mass is 79.9. The Kier molecular flexibility index (Phi) is 2.09. The van der Waals surface area contributed by atoms with Gasteiger partial charge in [0.25, 0.3) is 0 Å². The van der Waals surface area contributed by atoms with E-state index >= 15 is 0 Å². The third-order valence-electron chi connectivity index (χ3n) is 2.26. The van der Waals surface area contributed by atoms with Crippen molar-refractivity contribution in [1.82, 2.24) is 9.78 Å². The summed E-state index contributed by atoms with van der Waals surface area (Å²) < 4.78 is 2.85. The summed E-state index contributed by atoms with van der Waals surface area (Å²) in [6.07, 6.45) is 2.62. The van der Waals surface area contributed by atoms with E-state index in [0.29, 0.717) is 0 Å². The van der Waals surface area contributed by atoms with Crippen LogP contribution in [0.25, 0.3) is 0 Å². The first-order valence-electron chi connectivity index (χ1n) is 4.22. The Morgan fingerprint density at radius 2 is 2.08 bits per heavy atom. The second kappa shape index (κ2) is 3.09. The van der Waals surface area contributed by atoms with E-state index in [-0.39, 0.29) is 0 Å². The van der Waals surface area contributed by atoms with E-state index in [9.17, 15) is 0 Å². The van der Waals surface area contributed by atoms with Gasteiger partial charge in [-0.05, 0) is 28.8 Å². The number of hydrogen-bond donors (Lipinski definition) is 0. The third kappa shape index (κ3) is 1.35. The molecule has 3 nitrogen and oxygen atoms in total. The van der Waals surface area contributed by atoms with Crippen LogP contribution in [0.3, 0.4) is 0 Å². The Morgan fingerprint density at radius 3 is 2.58 bits per heavy atom. The molecule has 1 aromatic rings. The largest absolute Gasteiger partial charge is 0.357 e. The van der Waals surface area contributed by atoms with Gasteiger partial charge in [0.05, 0.1) is 0 Å². The first-order valence-corrected chi connectivity index (χ1v) is 5.01. The maximum Gasteiger partial charge on any atom is 0.130 e. The summed E-state index contributed by atoms with van der Waals surface area (Å²) in [6.45, 7) is 2.35. The molecule has 0 saturated carbocycles. The molecule has 0 amide bonds. The van der Waals surface area contributed by atoms with E-state index in [1.807, 2.05) is 11.7 Å². The lowest BCUT2D eigenvalue weighted by Gasteiger charge is -2.16. The normalized spacial score (nSPS) is 17.3. The molecule has 2 rings (SSSR count). The maximum atomic E-state index is 4.25. The molecule has 0 spiro atoms. The minimum absolute atomic E-state index is 0.923. The highest BCUT2D eigenvalue weighted by molar-refractivity contribution is 9.10. The van der Waals surface area contributed by atoms with E-state index in [1.54, 1.807) is 0 Å². The molecular formula is C8H12BrN3. The molecule has 0 bridgehead atoms. The summed E-state index contributed by atoms with van der Waals surface area (Å²) in [4.78, 5) is 2.37. The molecule has 1 saturated heterocycles.